The Morgan fingerprint density at radius 3 is 1.37 bits per heavy atom. The molecule has 0 saturated carbocycles. The van der Waals surface area contributed by atoms with E-state index in [9.17, 15) is 19.2 Å². The van der Waals surface area contributed by atoms with Crippen LogP contribution >= 0.6 is 0 Å². The third kappa shape index (κ3) is 10.1. The number of rotatable bonds is 6. The van der Waals surface area contributed by atoms with E-state index in [4.69, 9.17) is 34.6 Å². The van der Waals surface area contributed by atoms with Crippen molar-refractivity contribution in [2.45, 2.75) is 30.8 Å². The number of fused-ring (bicyclic) bond motifs is 9. The Morgan fingerprint density at radius 2 is 0.926 bits per heavy atom. The van der Waals surface area contributed by atoms with Crippen molar-refractivity contribution in [3.63, 3.8) is 0 Å². The second-order valence-corrected chi connectivity index (χ2v) is 11.9. The zero-order valence-electron chi connectivity index (χ0n) is 29.3. The number of hydrogen-bond donors (Lipinski definition) is 4. The lowest BCUT2D eigenvalue weighted by molar-refractivity contribution is -0.132. The number of ether oxygens (including phenoxy) is 3. The minimum atomic E-state index is -0.981. The van der Waals surface area contributed by atoms with Crippen molar-refractivity contribution in [2.75, 3.05) is 13.2 Å². The van der Waals surface area contributed by atoms with Crippen molar-refractivity contribution in [3.8, 4) is 33.4 Å². The van der Waals surface area contributed by atoms with E-state index in [1.165, 1.54) is 55.6 Å². The molecule has 0 aromatic heterocycles. The fraction of sp³-hybridized carbons (Fsp3) is 0.163. The smallest absolute Gasteiger partial charge is 0.327 e. The molecule has 2 saturated heterocycles. The van der Waals surface area contributed by atoms with Gasteiger partial charge in [-0.2, -0.15) is 0 Å². The summed E-state index contributed by atoms with van der Waals surface area (Å²) in [6, 6.07) is 30.6. The molecule has 4 aliphatic rings. The summed E-state index contributed by atoms with van der Waals surface area (Å²) in [6.45, 7) is 13.1. The molecule has 4 unspecified atom stereocenters. The highest BCUT2D eigenvalue weighted by Crippen LogP contribution is 2.60. The fourth-order valence-corrected chi connectivity index (χ4v) is 6.20. The van der Waals surface area contributed by atoms with Crippen molar-refractivity contribution in [1.29, 1.82) is 0 Å². The van der Waals surface area contributed by atoms with Crippen LogP contribution in [0.25, 0.3) is 33.4 Å². The summed E-state index contributed by atoms with van der Waals surface area (Å²) < 4.78 is 18.5. The molecule has 2 fully saturated rings. The Balaban J connectivity index is 0.000000271. The first-order chi connectivity index (χ1) is 26.0. The van der Waals surface area contributed by atoms with Gasteiger partial charge in [-0.1, -0.05) is 111 Å². The lowest BCUT2D eigenvalue weighted by atomic mass is 9.78. The summed E-state index contributed by atoms with van der Waals surface area (Å²) in [5.41, 5.74) is 13.3. The summed E-state index contributed by atoms with van der Waals surface area (Å²) in [5, 5.41) is 30.4. The molecule has 4 N–H and O–H groups in total. The molecule has 0 bridgehead atoms. The fourth-order valence-electron chi connectivity index (χ4n) is 6.20. The maximum absolute atomic E-state index is 9.25. The minimum Gasteiger partial charge on any atom is -0.478 e. The predicted molar refractivity (Wildman–Crippen MR) is 203 cm³/mol. The SMILES string of the molecule is C=CC(=O)O.C=CC(=O)O.C=CC(=O)O.C=CC(=O)O.c1ccc(-c2c3c(c4c(c2-c2ccccc2)C2OC2COCC2OC42)Cc2ccccc2-3)cc1. The summed E-state index contributed by atoms with van der Waals surface area (Å²) in [7, 11) is 0. The van der Waals surface area contributed by atoms with Gasteiger partial charge >= 0.3 is 23.9 Å². The highest BCUT2D eigenvalue weighted by Gasteiger charge is 2.53. The van der Waals surface area contributed by atoms with Crippen molar-refractivity contribution < 1.29 is 53.8 Å². The first kappa shape index (κ1) is 40.4. The number of carboxylic acid groups (broad SMARTS) is 4. The molecule has 0 radical (unpaired) electrons. The maximum Gasteiger partial charge on any atom is 0.327 e. The molecule has 11 nitrogen and oxygen atoms in total. The molecule has 4 aromatic rings. The molecule has 54 heavy (non-hydrogen) atoms. The van der Waals surface area contributed by atoms with E-state index in [0.29, 0.717) is 13.2 Å². The molecule has 4 atom stereocenters. The number of carboxylic acids is 4. The van der Waals surface area contributed by atoms with Crippen LogP contribution < -0.4 is 0 Å². The number of aliphatic carboxylic acids is 4. The molecule has 1 aliphatic carbocycles. The van der Waals surface area contributed by atoms with Gasteiger partial charge in [-0.15, -0.1) is 0 Å². The Morgan fingerprint density at radius 1 is 0.537 bits per heavy atom. The van der Waals surface area contributed by atoms with Gasteiger partial charge in [0.2, 0.25) is 0 Å². The normalized spacial score (nSPS) is 18.4. The second kappa shape index (κ2) is 18.9. The van der Waals surface area contributed by atoms with Gasteiger partial charge in [-0.25, -0.2) is 19.2 Å². The predicted octanol–water partition coefficient (Wildman–Crippen LogP) is 7.53. The van der Waals surface area contributed by atoms with E-state index in [1.807, 2.05) is 0 Å². The standard InChI is InChI=1S/C31H24O3.4C3H4O2/c1-3-9-18(10-4-1)25-26(19-11-5-2-6-12-19)29-28(22-15-20-13-7-8-14-21(20)27(22)25)30-23(33-30)16-32-17-24-31(29)34-24;4*1-2-3(4)5/h1-14,23-24,30-31H,15-17H2;4*2H,1H2,(H,4,5). The van der Waals surface area contributed by atoms with E-state index in [1.54, 1.807) is 0 Å². The maximum atomic E-state index is 9.25. The third-order valence-corrected chi connectivity index (χ3v) is 8.46. The summed E-state index contributed by atoms with van der Waals surface area (Å²) in [5.74, 6) is -3.93. The molecule has 278 valence electrons. The van der Waals surface area contributed by atoms with Crippen LogP contribution in [0.5, 0.6) is 0 Å². The van der Waals surface area contributed by atoms with Crippen molar-refractivity contribution in [2.24, 2.45) is 0 Å². The Labute approximate surface area is 312 Å². The number of hydrogen-bond acceptors (Lipinski definition) is 7. The van der Waals surface area contributed by atoms with E-state index < -0.39 is 23.9 Å². The van der Waals surface area contributed by atoms with Crippen LogP contribution in [0.2, 0.25) is 0 Å². The van der Waals surface area contributed by atoms with Crippen molar-refractivity contribution in [1.82, 2.24) is 0 Å². The van der Waals surface area contributed by atoms with Gasteiger partial charge < -0.3 is 34.6 Å². The van der Waals surface area contributed by atoms with Gasteiger partial charge in [-0.05, 0) is 62.1 Å². The highest BCUT2D eigenvalue weighted by molar-refractivity contribution is 6.01. The van der Waals surface area contributed by atoms with E-state index in [-0.39, 0.29) is 24.4 Å². The lowest BCUT2D eigenvalue weighted by Gasteiger charge is -2.24. The molecule has 4 aromatic carbocycles. The van der Waals surface area contributed by atoms with Crippen molar-refractivity contribution >= 4 is 23.9 Å². The van der Waals surface area contributed by atoms with Gasteiger partial charge in [0, 0.05) is 24.3 Å². The molecular weight excluding hydrogens is 692 g/mol. The van der Waals surface area contributed by atoms with Crippen LogP contribution in [0.4, 0.5) is 0 Å². The molecule has 11 heteroatoms. The topological polar surface area (TPSA) is 183 Å². The van der Waals surface area contributed by atoms with E-state index in [0.717, 1.165) is 30.7 Å². The molecule has 0 spiro atoms. The average Bonchev–Trinajstić information content (AvgIpc) is 4.11. The second-order valence-electron chi connectivity index (χ2n) is 11.9. The summed E-state index contributed by atoms with van der Waals surface area (Å²) in [6.07, 6.45) is 4.64. The molecule has 3 aliphatic heterocycles. The number of benzene rings is 4. The van der Waals surface area contributed by atoms with Crippen LogP contribution in [0.15, 0.2) is 136 Å². The summed E-state index contributed by atoms with van der Waals surface area (Å²) in [4.78, 5) is 37.0. The number of epoxide rings is 2. The van der Waals surface area contributed by atoms with Gasteiger partial charge in [0.05, 0.1) is 13.2 Å². The lowest BCUT2D eigenvalue weighted by Crippen LogP contribution is -2.07. The van der Waals surface area contributed by atoms with Crippen LogP contribution in [-0.4, -0.2) is 69.7 Å². The van der Waals surface area contributed by atoms with Crippen LogP contribution in [0.1, 0.15) is 34.5 Å². The molecular formula is C43H40O11. The first-order valence-electron chi connectivity index (χ1n) is 16.7. The van der Waals surface area contributed by atoms with Crippen LogP contribution in [-0.2, 0) is 39.8 Å². The molecule has 0 amide bonds. The third-order valence-electron chi connectivity index (χ3n) is 8.46. The van der Waals surface area contributed by atoms with Gasteiger partial charge in [0.1, 0.15) is 24.4 Å². The number of carbonyl (C=O) groups is 4. The zero-order chi connectivity index (χ0) is 39.4. The molecule has 8 rings (SSSR count). The first-order valence-corrected chi connectivity index (χ1v) is 16.7. The monoisotopic (exact) mass is 732 g/mol. The van der Waals surface area contributed by atoms with Gasteiger partial charge in [0.25, 0.3) is 0 Å². The zero-order valence-corrected chi connectivity index (χ0v) is 29.3. The molecule has 3 heterocycles. The van der Waals surface area contributed by atoms with Gasteiger partial charge in [0.15, 0.2) is 0 Å². The summed E-state index contributed by atoms with van der Waals surface area (Å²) >= 11 is 0. The van der Waals surface area contributed by atoms with Crippen LogP contribution in [0.3, 0.4) is 0 Å². The average molecular weight is 733 g/mol. The minimum absolute atomic E-state index is 0.0460. The Hall–Kier alpha value is -6.40. The highest BCUT2D eigenvalue weighted by atomic mass is 16.6. The quantitative estimate of drug-likeness (QED) is 0.1000. The van der Waals surface area contributed by atoms with Gasteiger partial charge in [-0.3, -0.25) is 0 Å². The van der Waals surface area contributed by atoms with E-state index in [2.05, 4.69) is 111 Å². The Bertz CT molecular complexity index is 1960. The Kier molecular flexibility index (Phi) is 14.1. The van der Waals surface area contributed by atoms with Crippen LogP contribution in [0, 0.1) is 0 Å². The van der Waals surface area contributed by atoms with E-state index >= 15 is 0 Å². The largest absolute Gasteiger partial charge is 0.478 e. The van der Waals surface area contributed by atoms with Crippen molar-refractivity contribution in [3.05, 3.63) is 158 Å².